The van der Waals surface area contributed by atoms with Gasteiger partial charge in [0.2, 0.25) is 11.8 Å². The molecular weight excluding hydrogens is 746 g/mol. The topological polar surface area (TPSA) is 94.6 Å². The highest BCUT2D eigenvalue weighted by atomic mass is 19.4. The van der Waals surface area contributed by atoms with Gasteiger partial charge in [0, 0.05) is 47.8 Å². The molecule has 56 heavy (non-hydrogen) atoms. The number of carbonyl (C=O) groups excluding carboxylic acids is 3. The molecule has 5 rings (SSSR count). The normalized spacial score (nSPS) is 18.6. The van der Waals surface area contributed by atoms with Crippen LogP contribution in [-0.2, 0) is 21.9 Å². The number of methoxy groups -OCH3 is 3. The van der Waals surface area contributed by atoms with Crippen LogP contribution in [0.3, 0.4) is 0 Å². The summed E-state index contributed by atoms with van der Waals surface area (Å²) < 4.78 is 104. The molecule has 2 saturated heterocycles. The number of ether oxygens (including phenoxy) is 4. The van der Waals surface area contributed by atoms with Crippen molar-refractivity contribution >= 4 is 17.6 Å². The molecule has 3 aromatic rings. The standard InChI is InChI=1S/C41H42F6N2O7/c1-24(2)17-39(52)49-22-25(18-32(49)30-21-28(41(45,46)47)10-14-35(30)54-4)23-56-37-19-26(8-12-36(37)55-5)33(50)11-15-38(51)48-16-6-7-31(48)29-20-27(40(42,43)44)9-13-34(29)53-3/h8-15,17,19-21,25,31-32H,6-7,16,18,22-23H2,1-5H3/b15-11+. The van der Waals surface area contributed by atoms with Crippen molar-refractivity contribution in [2.24, 2.45) is 5.92 Å². The van der Waals surface area contributed by atoms with Gasteiger partial charge >= 0.3 is 12.4 Å². The lowest BCUT2D eigenvalue weighted by Crippen LogP contribution is -2.30. The van der Waals surface area contributed by atoms with Crippen molar-refractivity contribution in [2.45, 2.75) is 57.5 Å². The van der Waals surface area contributed by atoms with Crippen LogP contribution < -0.4 is 18.9 Å². The van der Waals surface area contributed by atoms with Gasteiger partial charge in [-0.05, 0) is 93.8 Å². The highest BCUT2D eigenvalue weighted by Gasteiger charge is 2.40. The predicted octanol–water partition coefficient (Wildman–Crippen LogP) is 8.79. The van der Waals surface area contributed by atoms with Crippen molar-refractivity contribution < 1.29 is 59.7 Å². The Morgan fingerprint density at radius 2 is 1.29 bits per heavy atom. The van der Waals surface area contributed by atoms with Gasteiger partial charge in [-0.1, -0.05) is 5.57 Å². The van der Waals surface area contributed by atoms with E-state index in [9.17, 15) is 40.7 Å². The number of halogens is 6. The van der Waals surface area contributed by atoms with Crippen LogP contribution in [0.5, 0.6) is 23.0 Å². The zero-order valence-corrected chi connectivity index (χ0v) is 31.4. The fraction of sp³-hybridized carbons (Fsp3) is 0.390. The van der Waals surface area contributed by atoms with Crippen LogP contribution in [0.1, 0.15) is 77.8 Å². The zero-order valence-electron chi connectivity index (χ0n) is 31.4. The average Bonchev–Trinajstić information content (AvgIpc) is 3.82. The van der Waals surface area contributed by atoms with Crippen LogP contribution in [0.15, 0.2) is 78.4 Å². The molecule has 0 spiro atoms. The van der Waals surface area contributed by atoms with Crippen molar-refractivity contribution in [3.8, 4) is 23.0 Å². The van der Waals surface area contributed by atoms with E-state index in [1.165, 1.54) is 67.5 Å². The highest BCUT2D eigenvalue weighted by molar-refractivity contribution is 6.08. The lowest BCUT2D eigenvalue weighted by atomic mass is 9.97. The van der Waals surface area contributed by atoms with E-state index in [1.54, 1.807) is 13.8 Å². The van der Waals surface area contributed by atoms with E-state index >= 15 is 0 Å². The minimum atomic E-state index is -4.62. The molecule has 300 valence electrons. The van der Waals surface area contributed by atoms with E-state index in [4.69, 9.17) is 18.9 Å². The number of rotatable bonds is 12. The van der Waals surface area contributed by atoms with E-state index < -0.39 is 47.3 Å². The molecule has 0 aromatic heterocycles. The molecule has 9 nitrogen and oxygen atoms in total. The smallest absolute Gasteiger partial charge is 0.416 e. The number of hydrogen-bond donors (Lipinski definition) is 0. The SMILES string of the molecule is COc1ccc(C(=O)/C=C/C(=O)N2CCCC2c2cc(C(F)(F)F)ccc2OC)cc1OCC1CC(c2cc(C(F)(F)F)ccc2OC)N(C(=O)C=C(C)C)C1. The van der Waals surface area contributed by atoms with Gasteiger partial charge in [-0.3, -0.25) is 14.4 Å². The first-order chi connectivity index (χ1) is 26.4. The molecule has 15 heteroatoms. The Balaban J connectivity index is 1.33. The summed E-state index contributed by atoms with van der Waals surface area (Å²) in [5.41, 5.74) is -0.462. The van der Waals surface area contributed by atoms with Gasteiger partial charge < -0.3 is 28.7 Å². The zero-order chi connectivity index (χ0) is 40.9. The summed E-state index contributed by atoms with van der Waals surface area (Å²) in [5.74, 6) is -0.976. The number of amides is 2. The van der Waals surface area contributed by atoms with Gasteiger partial charge in [0.05, 0.1) is 51.1 Å². The monoisotopic (exact) mass is 788 g/mol. The molecule has 3 atom stereocenters. The molecule has 2 aliphatic heterocycles. The van der Waals surface area contributed by atoms with E-state index in [0.29, 0.717) is 18.4 Å². The number of benzene rings is 3. The van der Waals surface area contributed by atoms with E-state index in [1.807, 2.05) is 0 Å². The predicted molar refractivity (Wildman–Crippen MR) is 194 cm³/mol. The van der Waals surface area contributed by atoms with Crippen molar-refractivity contribution in [2.75, 3.05) is 41.0 Å². The van der Waals surface area contributed by atoms with Crippen molar-refractivity contribution in [1.82, 2.24) is 9.80 Å². The number of nitrogens with zero attached hydrogens (tertiary/aromatic N) is 2. The number of allylic oxidation sites excluding steroid dienone is 2. The molecule has 0 saturated carbocycles. The third-order valence-corrected chi connectivity index (χ3v) is 9.75. The summed E-state index contributed by atoms with van der Waals surface area (Å²) in [4.78, 5) is 42.9. The molecule has 2 aliphatic rings. The summed E-state index contributed by atoms with van der Waals surface area (Å²) in [6.45, 7) is 3.90. The maximum Gasteiger partial charge on any atom is 0.416 e. The maximum absolute atomic E-state index is 13.7. The summed E-state index contributed by atoms with van der Waals surface area (Å²) in [6.07, 6.45) is -4.46. The Labute approximate surface area is 320 Å². The molecule has 2 heterocycles. The molecule has 2 amide bonds. The van der Waals surface area contributed by atoms with Gasteiger partial charge in [0.15, 0.2) is 17.3 Å². The first kappa shape index (κ1) is 41.7. The second-order valence-corrected chi connectivity index (χ2v) is 13.8. The summed E-state index contributed by atoms with van der Waals surface area (Å²) in [5, 5.41) is 0. The molecule has 2 fully saturated rings. The first-order valence-corrected chi connectivity index (χ1v) is 17.7. The maximum atomic E-state index is 13.7. The van der Waals surface area contributed by atoms with Crippen molar-refractivity contribution in [1.29, 1.82) is 0 Å². The van der Waals surface area contributed by atoms with Crippen LogP contribution >= 0.6 is 0 Å². The minimum Gasteiger partial charge on any atom is -0.496 e. The Bertz CT molecular complexity index is 2000. The van der Waals surface area contributed by atoms with Gasteiger partial charge in [0.25, 0.3) is 0 Å². The van der Waals surface area contributed by atoms with Crippen LogP contribution in [0.4, 0.5) is 26.3 Å². The van der Waals surface area contributed by atoms with E-state index in [2.05, 4.69) is 0 Å². The Morgan fingerprint density at radius 3 is 1.84 bits per heavy atom. The molecule has 3 aromatic carbocycles. The van der Waals surface area contributed by atoms with Crippen LogP contribution in [-0.4, -0.2) is 68.4 Å². The highest BCUT2D eigenvalue weighted by Crippen LogP contribution is 2.44. The summed E-state index contributed by atoms with van der Waals surface area (Å²) in [7, 11) is 4.08. The number of carbonyl (C=O) groups is 3. The Hall–Kier alpha value is -5.47. The second kappa shape index (κ2) is 17.1. The van der Waals surface area contributed by atoms with Crippen LogP contribution in [0.2, 0.25) is 0 Å². The number of ketones is 1. The largest absolute Gasteiger partial charge is 0.496 e. The van der Waals surface area contributed by atoms with Gasteiger partial charge in [-0.25, -0.2) is 0 Å². The second-order valence-electron chi connectivity index (χ2n) is 13.8. The number of likely N-dealkylation sites (tertiary alicyclic amines) is 2. The average molecular weight is 789 g/mol. The number of alkyl halides is 6. The van der Waals surface area contributed by atoms with Crippen LogP contribution in [0.25, 0.3) is 0 Å². The quantitative estimate of drug-likeness (QED) is 0.103. The minimum absolute atomic E-state index is 0.00799. The van der Waals surface area contributed by atoms with E-state index in [0.717, 1.165) is 36.4 Å². The molecule has 0 N–H and O–H groups in total. The summed E-state index contributed by atoms with van der Waals surface area (Å²) >= 11 is 0. The lowest BCUT2D eigenvalue weighted by Gasteiger charge is -2.26. The Kier molecular flexibility index (Phi) is 12.7. The number of hydrogen-bond acceptors (Lipinski definition) is 7. The summed E-state index contributed by atoms with van der Waals surface area (Å²) in [6, 6.07) is 9.23. The fourth-order valence-electron chi connectivity index (χ4n) is 7.10. The van der Waals surface area contributed by atoms with Crippen molar-refractivity contribution in [3.63, 3.8) is 0 Å². The lowest BCUT2D eigenvalue weighted by molar-refractivity contribution is -0.138. The molecule has 0 bridgehead atoms. The van der Waals surface area contributed by atoms with Crippen LogP contribution in [0, 0.1) is 5.92 Å². The first-order valence-electron chi connectivity index (χ1n) is 17.7. The fourth-order valence-corrected chi connectivity index (χ4v) is 7.10. The Morgan fingerprint density at radius 1 is 0.714 bits per heavy atom. The van der Waals surface area contributed by atoms with E-state index in [-0.39, 0.29) is 77.6 Å². The van der Waals surface area contributed by atoms with Gasteiger partial charge in [-0.2, -0.15) is 26.3 Å². The van der Waals surface area contributed by atoms with Gasteiger partial charge in [-0.15, -0.1) is 0 Å². The molecule has 0 radical (unpaired) electrons. The van der Waals surface area contributed by atoms with Crippen molar-refractivity contribution in [3.05, 3.63) is 106 Å². The molecule has 3 unspecified atom stereocenters. The third-order valence-electron chi connectivity index (χ3n) is 9.75. The third kappa shape index (κ3) is 9.48. The van der Waals surface area contributed by atoms with Gasteiger partial charge in [0.1, 0.15) is 11.5 Å². The molecule has 0 aliphatic carbocycles. The molecular formula is C41H42F6N2O7.